The first-order valence-electron chi connectivity index (χ1n) is 4.43. The number of hydrogen-bond donors (Lipinski definition) is 0. The quantitative estimate of drug-likeness (QED) is 0.794. The molecule has 15 heavy (non-hydrogen) atoms. The lowest BCUT2D eigenvalue weighted by Gasteiger charge is -2.03. The minimum absolute atomic E-state index is 0.419. The Morgan fingerprint density at radius 3 is 2.87 bits per heavy atom. The maximum Gasteiger partial charge on any atom is 0.138 e. The molecule has 0 saturated heterocycles. The van der Waals surface area contributed by atoms with Crippen molar-refractivity contribution in [2.45, 2.75) is 12.8 Å². The first-order valence-corrected chi connectivity index (χ1v) is 5.76. The Morgan fingerprint density at radius 2 is 2.27 bits per heavy atom. The van der Waals surface area contributed by atoms with Gasteiger partial charge in [0.1, 0.15) is 12.1 Å². The van der Waals surface area contributed by atoms with Crippen LogP contribution in [-0.4, -0.2) is 14.5 Å². The van der Waals surface area contributed by atoms with Gasteiger partial charge in [0.2, 0.25) is 0 Å². The minimum atomic E-state index is 0.419. The lowest BCUT2D eigenvalue weighted by atomic mass is 10.4. The van der Waals surface area contributed by atoms with E-state index in [1.807, 2.05) is 29.8 Å². The van der Waals surface area contributed by atoms with E-state index in [1.54, 1.807) is 6.33 Å². The van der Waals surface area contributed by atoms with E-state index in [4.69, 9.17) is 11.6 Å². The van der Waals surface area contributed by atoms with Crippen molar-refractivity contribution in [2.24, 2.45) is 0 Å². The van der Waals surface area contributed by atoms with E-state index in [1.165, 1.54) is 0 Å². The molecule has 0 amide bonds. The largest absolute Gasteiger partial charge is 0.290 e. The molecule has 2 heterocycles. The molecule has 0 spiro atoms. The monoisotopic (exact) mass is 285 g/mol. The summed E-state index contributed by atoms with van der Waals surface area (Å²) >= 11 is 9.09. The fourth-order valence-electron chi connectivity index (χ4n) is 1.23. The van der Waals surface area contributed by atoms with Gasteiger partial charge in [0.05, 0.1) is 17.3 Å². The molecule has 0 atom stereocenters. The summed E-state index contributed by atoms with van der Waals surface area (Å²) in [7, 11) is 0. The van der Waals surface area contributed by atoms with Crippen LogP contribution in [0.5, 0.6) is 0 Å². The van der Waals surface area contributed by atoms with Crippen LogP contribution in [0.3, 0.4) is 0 Å². The number of alkyl halides is 1. The van der Waals surface area contributed by atoms with Crippen LogP contribution >= 0.6 is 27.5 Å². The van der Waals surface area contributed by atoms with E-state index in [0.717, 1.165) is 21.7 Å². The molecular weight excluding hydrogens is 277 g/mol. The molecule has 0 N–H and O–H groups in total. The highest BCUT2D eigenvalue weighted by atomic mass is 79.9. The first-order chi connectivity index (χ1) is 7.20. The topological polar surface area (TPSA) is 30.7 Å². The first kappa shape index (κ1) is 10.6. The predicted molar refractivity (Wildman–Crippen MR) is 63.4 cm³/mol. The zero-order valence-corrected chi connectivity index (χ0v) is 10.5. The summed E-state index contributed by atoms with van der Waals surface area (Å²) in [6.07, 6.45) is 3.59. The van der Waals surface area contributed by atoms with Gasteiger partial charge in [0.25, 0.3) is 0 Å². The van der Waals surface area contributed by atoms with Gasteiger partial charge in [0.15, 0.2) is 0 Å². The average Bonchev–Trinajstić information content (AvgIpc) is 2.70. The van der Waals surface area contributed by atoms with E-state index in [2.05, 4.69) is 25.9 Å². The van der Waals surface area contributed by atoms with E-state index in [0.29, 0.717) is 5.88 Å². The van der Waals surface area contributed by atoms with Gasteiger partial charge >= 0.3 is 0 Å². The second-order valence-electron chi connectivity index (χ2n) is 3.14. The number of aromatic nitrogens is 3. The Labute approximate surface area is 101 Å². The molecule has 5 heteroatoms. The van der Waals surface area contributed by atoms with Gasteiger partial charge in [-0.05, 0) is 35.0 Å². The van der Waals surface area contributed by atoms with Gasteiger partial charge in [0, 0.05) is 10.7 Å². The fraction of sp³-hybridized carbons (Fsp3) is 0.200. The summed E-state index contributed by atoms with van der Waals surface area (Å²) in [4.78, 5) is 8.57. The Balaban J connectivity index is 2.40. The second kappa shape index (κ2) is 4.33. The van der Waals surface area contributed by atoms with Crippen LogP contribution in [0.25, 0.3) is 5.82 Å². The van der Waals surface area contributed by atoms with Gasteiger partial charge in [-0.15, -0.1) is 11.6 Å². The number of rotatable bonds is 2. The van der Waals surface area contributed by atoms with E-state index < -0.39 is 0 Å². The van der Waals surface area contributed by atoms with Crippen LogP contribution in [0.1, 0.15) is 11.4 Å². The van der Waals surface area contributed by atoms with Crippen LogP contribution in [0, 0.1) is 6.92 Å². The molecule has 0 radical (unpaired) electrons. The van der Waals surface area contributed by atoms with Crippen molar-refractivity contribution in [3.05, 3.63) is 40.5 Å². The molecule has 0 aliphatic rings. The second-order valence-corrected chi connectivity index (χ2v) is 4.26. The third-order valence-corrected chi connectivity index (χ3v) is 3.16. The standard InChI is InChI=1S/C10H9BrClN3/c1-7-9(11)2-3-10(14-7)15-5-8(4-12)13-6-15/h2-3,5-6H,4H2,1H3. The Kier molecular flexibility index (Phi) is 3.07. The summed E-state index contributed by atoms with van der Waals surface area (Å²) < 4.78 is 2.86. The summed E-state index contributed by atoms with van der Waals surface area (Å²) in [6, 6.07) is 3.90. The molecule has 2 aromatic heterocycles. The Morgan fingerprint density at radius 1 is 1.47 bits per heavy atom. The normalized spacial score (nSPS) is 10.6. The Hall–Kier alpha value is -0.870. The number of hydrogen-bond acceptors (Lipinski definition) is 2. The number of nitrogens with zero attached hydrogens (tertiary/aromatic N) is 3. The SMILES string of the molecule is Cc1nc(-n2cnc(CCl)c2)ccc1Br. The molecule has 78 valence electrons. The summed E-state index contributed by atoms with van der Waals surface area (Å²) in [6.45, 7) is 1.95. The lowest BCUT2D eigenvalue weighted by Crippen LogP contribution is -1.96. The molecule has 0 fully saturated rings. The van der Waals surface area contributed by atoms with Gasteiger partial charge in [-0.3, -0.25) is 4.57 Å². The van der Waals surface area contributed by atoms with Gasteiger partial charge in [-0.2, -0.15) is 0 Å². The third kappa shape index (κ3) is 2.21. The van der Waals surface area contributed by atoms with Gasteiger partial charge in [-0.1, -0.05) is 0 Å². The zero-order chi connectivity index (χ0) is 10.8. The van der Waals surface area contributed by atoms with Crippen LogP contribution in [-0.2, 0) is 5.88 Å². The zero-order valence-electron chi connectivity index (χ0n) is 8.11. The summed E-state index contributed by atoms with van der Waals surface area (Å²) in [5, 5.41) is 0. The minimum Gasteiger partial charge on any atom is -0.290 e. The molecule has 0 aromatic carbocycles. The number of halogens is 2. The highest BCUT2D eigenvalue weighted by molar-refractivity contribution is 9.10. The molecule has 0 saturated carbocycles. The molecule has 2 rings (SSSR count). The maximum atomic E-state index is 5.68. The highest BCUT2D eigenvalue weighted by Gasteiger charge is 2.02. The number of aryl methyl sites for hydroxylation is 1. The van der Waals surface area contributed by atoms with Crippen molar-refractivity contribution in [2.75, 3.05) is 0 Å². The van der Waals surface area contributed by atoms with E-state index in [-0.39, 0.29) is 0 Å². The van der Waals surface area contributed by atoms with Crippen LogP contribution < -0.4 is 0 Å². The van der Waals surface area contributed by atoms with Crippen molar-refractivity contribution >= 4 is 27.5 Å². The van der Waals surface area contributed by atoms with Crippen molar-refractivity contribution in [1.29, 1.82) is 0 Å². The van der Waals surface area contributed by atoms with E-state index in [9.17, 15) is 0 Å². The van der Waals surface area contributed by atoms with Crippen molar-refractivity contribution in [1.82, 2.24) is 14.5 Å². The lowest BCUT2D eigenvalue weighted by molar-refractivity contribution is 0.971. The third-order valence-electron chi connectivity index (χ3n) is 2.04. The average molecular weight is 287 g/mol. The fourth-order valence-corrected chi connectivity index (χ4v) is 1.59. The molecule has 0 bridgehead atoms. The molecular formula is C10H9BrClN3. The predicted octanol–water partition coefficient (Wildman–Crippen LogP) is 3.08. The molecule has 0 unspecified atom stereocenters. The van der Waals surface area contributed by atoms with Crippen molar-refractivity contribution < 1.29 is 0 Å². The van der Waals surface area contributed by atoms with Crippen LogP contribution in [0.2, 0.25) is 0 Å². The highest BCUT2D eigenvalue weighted by Crippen LogP contribution is 2.16. The molecule has 0 aliphatic carbocycles. The Bertz CT molecular complexity index is 481. The number of imidazole rings is 1. The van der Waals surface area contributed by atoms with Crippen molar-refractivity contribution in [3.63, 3.8) is 0 Å². The number of pyridine rings is 1. The van der Waals surface area contributed by atoms with Crippen LogP contribution in [0.15, 0.2) is 29.1 Å². The van der Waals surface area contributed by atoms with Gasteiger partial charge in [-0.25, -0.2) is 9.97 Å². The summed E-state index contributed by atoms with van der Waals surface area (Å²) in [5.41, 5.74) is 1.80. The van der Waals surface area contributed by atoms with E-state index >= 15 is 0 Å². The molecule has 3 nitrogen and oxygen atoms in total. The van der Waals surface area contributed by atoms with Crippen LogP contribution in [0.4, 0.5) is 0 Å². The summed E-state index contributed by atoms with van der Waals surface area (Å²) in [5.74, 6) is 1.27. The van der Waals surface area contributed by atoms with Gasteiger partial charge < -0.3 is 0 Å². The van der Waals surface area contributed by atoms with Crippen molar-refractivity contribution in [3.8, 4) is 5.82 Å². The molecule has 2 aromatic rings. The maximum absolute atomic E-state index is 5.68. The smallest absolute Gasteiger partial charge is 0.138 e. The molecule has 0 aliphatic heterocycles.